The van der Waals surface area contributed by atoms with Crippen LogP contribution >= 0.6 is 0 Å². The Labute approximate surface area is 121 Å². The summed E-state index contributed by atoms with van der Waals surface area (Å²) in [5.41, 5.74) is 3.63. The summed E-state index contributed by atoms with van der Waals surface area (Å²) in [6.45, 7) is 2.40. The van der Waals surface area contributed by atoms with Gasteiger partial charge in [-0.2, -0.15) is 0 Å². The molecule has 1 N–H and O–H groups in total. The summed E-state index contributed by atoms with van der Waals surface area (Å²) in [6.07, 6.45) is 5.41. The van der Waals surface area contributed by atoms with E-state index in [2.05, 4.69) is 46.6 Å². The van der Waals surface area contributed by atoms with E-state index in [9.17, 15) is 0 Å². The molecule has 3 rings (SSSR count). The molecule has 2 nitrogen and oxygen atoms in total. The molecule has 0 radical (unpaired) electrons. The minimum Gasteiger partial charge on any atom is -0.372 e. The lowest BCUT2D eigenvalue weighted by Crippen LogP contribution is -2.23. The van der Waals surface area contributed by atoms with E-state index in [4.69, 9.17) is 0 Å². The summed E-state index contributed by atoms with van der Waals surface area (Å²) < 4.78 is 0. The molecule has 20 heavy (non-hydrogen) atoms. The van der Waals surface area contributed by atoms with Crippen molar-refractivity contribution in [1.82, 2.24) is 0 Å². The van der Waals surface area contributed by atoms with Crippen LogP contribution in [0.5, 0.6) is 0 Å². The highest BCUT2D eigenvalue weighted by molar-refractivity contribution is 5.62. The Morgan fingerprint density at radius 2 is 1.25 bits per heavy atom. The third-order valence-electron chi connectivity index (χ3n) is 3.90. The van der Waals surface area contributed by atoms with Crippen molar-refractivity contribution in [3.63, 3.8) is 0 Å². The van der Waals surface area contributed by atoms with Crippen LogP contribution in [0.25, 0.3) is 0 Å². The van der Waals surface area contributed by atoms with Gasteiger partial charge in [0.2, 0.25) is 0 Å². The minimum absolute atomic E-state index is 1.13. The molecule has 1 aliphatic rings. The van der Waals surface area contributed by atoms with Gasteiger partial charge in [-0.25, -0.2) is 0 Å². The fourth-order valence-electron chi connectivity index (χ4n) is 2.77. The number of rotatable bonds is 3. The van der Waals surface area contributed by atoms with Crippen molar-refractivity contribution in [1.29, 1.82) is 0 Å². The zero-order valence-electron chi connectivity index (χ0n) is 11.9. The molecule has 0 amide bonds. The van der Waals surface area contributed by atoms with Crippen LogP contribution in [0, 0.1) is 0 Å². The Bertz CT molecular complexity index is 511. The van der Waals surface area contributed by atoms with Crippen molar-refractivity contribution >= 4 is 17.1 Å². The Kier molecular flexibility index (Phi) is 4.22. The topological polar surface area (TPSA) is 15.3 Å². The number of nitrogens with zero attached hydrogens (tertiary/aromatic N) is 1. The molecule has 0 unspecified atom stereocenters. The monoisotopic (exact) mass is 266 g/mol. The smallest absolute Gasteiger partial charge is 0.0385 e. The first kappa shape index (κ1) is 13.0. The van der Waals surface area contributed by atoms with E-state index in [1.807, 2.05) is 18.2 Å². The maximum absolute atomic E-state index is 3.43. The van der Waals surface area contributed by atoms with Crippen LogP contribution in [0.15, 0.2) is 54.6 Å². The molecule has 0 atom stereocenters. The molecule has 1 saturated heterocycles. The van der Waals surface area contributed by atoms with E-state index in [0.29, 0.717) is 0 Å². The summed E-state index contributed by atoms with van der Waals surface area (Å²) in [4.78, 5) is 2.51. The minimum atomic E-state index is 1.13. The Balaban J connectivity index is 1.67. The van der Waals surface area contributed by atoms with E-state index in [1.54, 1.807) is 0 Å². The van der Waals surface area contributed by atoms with E-state index in [0.717, 1.165) is 11.4 Å². The first-order valence-electron chi connectivity index (χ1n) is 7.59. The maximum Gasteiger partial charge on any atom is 0.0385 e. The van der Waals surface area contributed by atoms with Crippen LogP contribution in [-0.4, -0.2) is 13.1 Å². The van der Waals surface area contributed by atoms with Crippen molar-refractivity contribution in [2.45, 2.75) is 25.7 Å². The molecule has 2 heteroatoms. The van der Waals surface area contributed by atoms with Gasteiger partial charge in [0, 0.05) is 30.2 Å². The predicted octanol–water partition coefficient (Wildman–Crippen LogP) is 4.81. The van der Waals surface area contributed by atoms with Crippen LogP contribution in [-0.2, 0) is 0 Å². The summed E-state index contributed by atoms with van der Waals surface area (Å²) in [7, 11) is 0. The largest absolute Gasteiger partial charge is 0.372 e. The van der Waals surface area contributed by atoms with Gasteiger partial charge in [0.15, 0.2) is 0 Å². The molecule has 2 aromatic rings. The highest BCUT2D eigenvalue weighted by atomic mass is 15.1. The molecule has 1 aliphatic heterocycles. The lowest BCUT2D eigenvalue weighted by Gasteiger charge is -2.22. The fourth-order valence-corrected chi connectivity index (χ4v) is 2.77. The van der Waals surface area contributed by atoms with E-state index in [-0.39, 0.29) is 0 Å². The molecule has 1 fully saturated rings. The van der Waals surface area contributed by atoms with E-state index in [1.165, 1.54) is 44.5 Å². The lowest BCUT2D eigenvalue weighted by atomic mass is 10.2. The standard InChI is InChI=1S/C18H22N2/c1-2-7-15-20(14-6-1)18-12-10-17(11-13-18)19-16-8-4-3-5-9-16/h3-5,8-13,19H,1-2,6-7,14-15H2. The number of anilines is 3. The Morgan fingerprint density at radius 3 is 1.90 bits per heavy atom. The van der Waals surface area contributed by atoms with Crippen LogP contribution < -0.4 is 10.2 Å². The Hall–Kier alpha value is -1.96. The molecule has 0 spiro atoms. The molecule has 0 saturated carbocycles. The van der Waals surface area contributed by atoms with Gasteiger partial charge in [-0.15, -0.1) is 0 Å². The molecule has 1 heterocycles. The average Bonchev–Trinajstić information content (AvgIpc) is 2.78. The average molecular weight is 266 g/mol. The lowest BCUT2D eigenvalue weighted by molar-refractivity contribution is 0.726. The number of hydrogen-bond donors (Lipinski definition) is 1. The van der Waals surface area contributed by atoms with Gasteiger partial charge in [-0.3, -0.25) is 0 Å². The SMILES string of the molecule is c1ccc(Nc2ccc(N3CCCCCC3)cc2)cc1. The predicted molar refractivity (Wildman–Crippen MR) is 86.8 cm³/mol. The van der Waals surface area contributed by atoms with Crippen LogP contribution in [0.2, 0.25) is 0 Å². The van der Waals surface area contributed by atoms with Crippen molar-refractivity contribution < 1.29 is 0 Å². The zero-order chi connectivity index (χ0) is 13.6. The summed E-state index contributed by atoms with van der Waals surface area (Å²) in [5.74, 6) is 0. The number of para-hydroxylation sites is 1. The van der Waals surface area contributed by atoms with Crippen LogP contribution in [0.3, 0.4) is 0 Å². The molecule has 0 bridgehead atoms. The quantitative estimate of drug-likeness (QED) is 0.857. The van der Waals surface area contributed by atoms with Gasteiger partial charge in [-0.1, -0.05) is 31.0 Å². The molecule has 2 aromatic carbocycles. The third-order valence-corrected chi connectivity index (χ3v) is 3.90. The van der Waals surface area contributed by atoms with E-state index < -0.39 is 0 Å². The molecular weight excluding hydrogens is 244 g/mol. The van der Waals surface area contributed by atoms with Crippen molar-refractivity contribution in [3.8, 4) is 0 Å². The van der Waals surface area contributed by atoms with Crippen LogP contribution in [0.1, 0.15) is 25.7 Å². The third kappa shape index (κ3) is 3.32. The van der Waals surface area contributed by atoms with Gasteiger partial charge in [0.1, 0.15) is 0 Å². The second kappa shape index (κ2) is 6.47. The van der Waals surface area contributed by atoms with Gasteiger partial charge >= 0.3 is 0 Å². The summed E-state index contributed by atoms with van der Waals surface area (Å²) >= 11 is 0. The Morgan fingerprint density at radius 1 is 0.650 bits per heavy atom. The maximum atomic E-state index is 3.43. The molecular formula is C18H22N2. The highest BCUT2D eigenvalue weighted by Crippen LogP contribution is 2.23. The van der Waals surface area contributed by atoms with Crippen molar-refractivity contribution in [3.05, 3.63) is 54.6 Å². The van der Waals surface area contributed by atoms with Crippen molar-refractivity contribution in [2.24, 2.45) is 0 Å². The molecule has 0 aliphatic carbocycles. The number of hydrogen-bond acceptors (Lipinski definition) is 2. The first-order valence-corrected chi connectivity index (χ1v) is 7.59. The summed E-state index contributed by atoms with van der Waals surface area (Å²) in [5, 5.41) is 3.43. The van der Waals surface area contributed by atoms with Crippen LogP contribution in [0.4, 0.5) is 17.1 Å². The normalized spacial score (nSPS) is 15.7. The first-order chi connectivity index (χ1) is 9.92. The van der Waals surface area contributed by atoms with Gasteiger partial charge in [0.25, 0.3) is 0 Å². The number of benzene rings is 2. The second-order valence-corrected chi connectivity index (χ2v) is 5.44. The van der Waals surface area contributed by atoms with E-state index >= 15 is 0 Å². The molecule has 0 aromatic heterocycles. The van der Waals surface area contributed by atoms with Gasteiger partial charge in [0.05, 0.1) is 0 Å². The molecule has 104 valence electrons. The fraction of sp³-hybridized carbons (Fsp3) is 0.333. The number of nitrogens with one attached hydrogen (secondary N) is 1. The second-order valence-electron chi connectivity index (χ2n) is 5.44. The van der Waals surface area contributed by atoms with Gasteiger partial charge in [-0.05, 0) is 49.2 Å². The van der Waals surface area contributed by atoms with Gasteiger partial charge < -0.3 is 10.2 Å². The zero-order valence-corrected chi connectivity index (χ0v) is 11.9. The van der Waals surface area contributed by atoms with Crippen molar-refractivity contribution in [2.75, 3.05) is 23.3 Å². The highest BCUT2D eigenvalue weighted by Gasteiger charge is 2.09. The summed E-state index contributed by atoms with van der Waals surface area (Å²) in [6, 6.07) is 19.1.